The molecule has 0 aromatic heterocycles. The van der Waals surface area contributed by atoms with E-state index < -0.39 is 15.6 Å². The van der Waals surface area contributed by atoms with Gasteiger partial charge in [0, 0.05) is 0 Å². The fraction of sp³-hybridized carbons (Fsp3) is 0.932. The molecule has 0 fully saturated rings. The van der Waals surface area contributed by atoms with Crippen molar-refractivity contribution in [3.05, 3.63) is 0 Å². The van der Waals surface area contributed by atoms with Gasteiger partial charge < -0.3 is 0 Å². The summed E-state index contributed by atoms with van der Waals surface area (Å²) in [5.41, 5.74) is 0. The maximum absolute atomic E-state index is 13.7. The van der Waals surface area contributed by atoms with Crippen molar-refractivity contribution in [3.63, 3.8) is 0 Å². The van der Waals surface area contributed by atoms with E-state index in [1.165, 1.54) is 77.0 Å². The van der Waals surface area contributed by atoms with Crippen molar-refractivity contribution in [2.24, 2.45) is 23.7 Å². The summed E-state index contributed by atoms with van der Waals surface area (Å²) in [5.74, 6) is 2.81. The molecule has 0 aromatic rings. The van der Waals surface area contributed by atoms with E-state index in [-0.39, 0.29) is 34.7 Å². The summed E-state index contributed by atoms with van der Waals surface area (Å²) in [5, 5.41) is -0.259. The fourth-order valence-electron chi connectivity index (χ4n) is 6.21. The Labute approximate surface area is 349 Å². The van der Waals surface area contributed by atoms with Gasteiger partial charge in [-0.15, -0.1) is 0 Å². The summed E-state index contributed by atoms with van der Waals surface area (Å²) >= 11 is -2.63. The van der Waals surface area contributed by atoms with Crippen molar-refractivity contribution in [3.8, 4) is 0 Å². The van der Waals surface area contributed by atoms with E-state index >= 15 is 0 Å². The molecule has 2 unspecified atom stereocenters. The van der Waals surface area contributed by atoms with E-state index in [1.807, 2.05) is 0 Å². The van der Waals surface area contributed by atoms with Gasteiger partial charge in [-0.25, -0.2) is 0 Å². The zero-order chi connectivity index (χ0) is 40.2. The average Bonchev–Trinajstić information content (AvgIpc) is 3.13. The van der Waals surface area contributed by atoms with Gasteiger partial charge in [0.25, 0.3) is 0 Å². The predicted molar refractivity (Wildman–Crippen MR) is 240 cm³/mol. The molecule has 0 spiro atoms. The predicted octanol–water partition coefficient (Wildman–Crippen LogP) is 13.8. The van der Waals surface area contributed by atoms with Crippen molar-refractivity contribution in [2.75, 3.05) is 31.3 Å². The summed E-state index contributed by atoms with van der Waals surface area (Å²) in [6.45, 7) is 19.5. The first-order chi connectivity index (χ1) is 26.0. The van der Waals surface area contributed by atoms with E-state index in [1.54, 1.807) is 26.8 Å². The number of hydrogen-bond donors (Lipinski definition) is 0. The first-order valence-corrected chi connectivity index (χ1v) is 35.6. The zero-order valence-corrected chi connectivity index (χ0v) is 41.7. The molecule has 1 radical (unpaired) electrons. The summed E-state index contributed by atoms with van der Waals surface area (Å²) in [4.78, 5) is 39.4. The van der Waals surface area contributed by atoms with Gasteiger partial charge in [-0.1, -0.05) is 41.5 Å². The monoisotopic (exact) mass is 925 g/mol. The maximum atomic E-state index is 13.7. The Hall–Kier alpha value is 0.259. The van der Waals surface area contributed by atoms with E-state index in [0.29, 0.717) is 25.7 Å². The van der Waals surface area contributed by atoms with Gasteiger partial charge in [-0.3, -0.25) is 0 Å². The molecule has 0 aromatic carbocycles. The Kier molecular flexibility index (Phi) is 38.9. The summed E-state index contributed by atoms with van der Waals surface area (Å²) in [6.07, 6.45) is 26.1. The second kappa shape index (κ2) is 38.8. The van der Waals surface area contributed by atoms with Crippen molar-refractivity contribution < 1.29 is 28.6 Å². The number of unbranched alkanes of at least 4 members (excludes halogenated alkanes) is 13. The van der Waals surface area contributed by atoms with E-state index in [2.05, 4.69) is 55.4 Å². The molecule has 6 nitrogen and oxygen atoms in total. The van der Waals surface area contributed by atoms with Crippen LogP contribution in [0.3, 0.4) is 0 Å². The van der Waals surface area contributed by atoms with Crippen LogP contribution in [0, 0.1) is 23.7 Å². The van der Waals surface area contributed by atoms with Crippen LogP contribution in [0.15, 0.2) is 0 Å². The first kappa shape index (κ1) is 54.3. The molecule has 319 valence electrons. The van der Waals surface area contributed by atoms with Crippen LogP contribution in [0.4, 0.5) is 0 Å². The third-order valence-corrected chi connectivity index (χ3v) is 35.8. The fourth-order valence-corrected chi connectivity index (χ4v) is 31.2. The smallest absolute Gasteiger partial charge is 0.0628 e. The molecule has 0 N–H and O–H groups in total. The van der Waals surface area contributed by atoms with E-state index in [4.69, 9.17) is 14.2 Å². The Morgan fingerprint density at radius 3 is 1.28 bits per heavy atom. The zero-order valence-electron chi connectivity index (χ0n) is 36.4. The normalized spacial score (nSPS) is 12.9. The molecule has 0 saturated heterocycles. The molecule has 0 bridgehead atoms. The second-order valence-corrected chi connectivity index (χ2v) is 40.3. The molecule has 0 saturated carbocycles. The van der Waals surface area contributed by atoms with Crippen LogP contribution in [0.2, 0.25) is 0 Å². The van der Waals surface area contributed by atoms with Gasteiger partial charge in [0.05, 0.1) is 0 Å². The van der Waals surface area contributed by atoms with Crippen LogP contribution >= 0.6 is 26.8 Å². The summed E-state index contributed by atoms with van der Waals surface area (Å²) in [6, 6.07) is 0. The molecular weight excluding hydrogens is 839 g/mol. The van der Waals surface area contributed by atoms with Gasteiger partial charge in [0.15, 0.2) is 0 Å². The van der Waals surface area contributed by atoms with Crippen molar-refractivity contribution in [1.29, 1.82) is 0 Å². The van der Waals surface area contributed by atoms with Crippen LogP contribution in [0.5, 0.6) is 0 Å². The minimum Gasteiger partial charge on any atom is -0.0628 e. The number of carbonyl (C=O) groups excluding carboxylic acids is 3. The number of esters is 3. The van der Waals surface area contributed by atoms with Gasteiger partial charge >= 0.3 is 311 Å². The molecule has 0 amide bonds. The second-order valence-electron chi connectivity index (χ2n) is 16.5. The number of ether oxygens (including phenoxy) is 3. The van der Waals surface area contributed by atoms with Crippen LogP contribution in [0.1, 0.15) is 203 Å². The van der Waals surface area contributed by atoms with Gasteiger partial charge in [-0.2, -0.15) is 0 Å². The van der Waals surface area contributed by atoms with E-state index in [9.17, 15) is 14.4 Å². The SMILES string of the molecule is CCCCC(CC)CC([S][Sn]([S]CC(=O)OCCCCCCCC(C)C)[S]CC(=O)OCCCCCCCC(C)C)C(=O)OCCCCCCCC(C)C. The van der Waals surface area contributed by atoms with Gasteiger partial charge in [0.2, 0.25) is 0 Å². The van der Waals surface area contributed by atoms with Crippen molar-refractivity contribution in [1.82, 2.24) is 0 Å². The average molecular weight is 925 g/mol. The number of carbonyl (C=O) groups is 3. The quantitative estimate of drug-likeness (QED) is 0.0259. The van der Waals surface area contributed by atoms with Gasteiger partial charge in [-0.05, 0) is 0 Å². The molecule has 0 aliphatic carbocycles. The van der Waals surface area contributed by atoms with Crippen LogP contribution < -0.4 is 0 Å². The number of hydrogen-bond acceptors (Lipinski definition) is 9. The number of rotatable bonds is 39. The Morgan fingerprint density at radius 1 is 0.500 bits per heavy atom. The van der Waals surface area contributed by atoms with Gasteiger partial charge in [0.1, 0.15) is 0 Å². The summed E-state index contributed by atoms with van der Waals surface area (Å²) in [7, 11) is 5.08. The summed E-state index contributed by atoms with van der Waals surface area (Å²) < 4.78 is 17.2. The van der Waals surface area contributed by atoms with Crippen molar-refractivity contribution in [2.45, 2.75) is 208 Å². The van der Waals surface area contributed by atoms with Crippen LogP contribution in [-0.2, 0) is 28.6 Å². The first-order valence-electron chi connectivity index (χ1n) is 22.2. The van der Waals surface area contributed by atoms with Crippen LogP contribution in [0.25, 0.3) is 0 Å². The molecule has 10 heteroatoms. The minimum absolute atomic E-state index is 0.110. The molecule has 54 heavy (non-hydrogen) atoms. The van der Waals surface area contributed by atoms with Crippen LogP contribution in [-0.4, -0.2) is 70.1 Å². The molecule has 0 heterocycles. The Morgan fingerprint density at radius 2 is 0.889 bits per heavy atom. The van der Waals surface area contributed by atoms with E-state index in [0.717, 1.165) is 88.4 Å². The third kappa shape index (κ3) is 36.6. The Bertz CT molecular complexity index is 850. The molecular formula is C44H85O6S3Sn. The molecule has 0 rings (SSSR count). The third-order valence-electron chi connectivity index (χ3n) is 9.76. The Balaban J connectivity index is 5.25. The standard InChI is InChI=1S/C20H40O2S.2C12H24O2S.Sn/c1-5-7-14-18(6-2)16-19(23)20(21)22-15-12-10-8-9-11-13-17(3)4;2*1-11(2)8-6-4-3-5-7-9-14-12(13)10-15;/h17-19,23H,5-16H2,1-4H3;2*11,15H,3-10H2,1-2H3;/q;;;+3/p-3. The molecule has 2 atom stereocenters. The van der Waals surface area contributed by atoms with Crippen molar-refractivity contribution >= 4 is 60.4 Å². The molecule has 0 aliphatic rings. The minimum atomic E-state index is -2.63. The topological polar surface area (TPSA) is 78.9 Å². The molecule has 0 aliphatic heterocycles.